The van der Waals surface area contributed by atoms with Crippen molar-refractivity contribution < 1.29 is 23.7 Å². The Morgan fingerprint density at radius 1 is 1.06 bits per heavy atom. The highest BCUT2D eigenvalue weighted by molar-refractivity contribution is 5.93. The van der Waals surface area contributed by atoms with Crippen LogP contribution in [-0.4, -0.2) is 24.1 Å². The molecule has 0 N–H and O–H groups in total. The van der Waals surface area contributed by atoms with E-state index in [0.717, 1.165) is 0 Å². The predicted molar refractivity (Wildman–Crippen MR) is 63.3 cm³/mol. The van der Waals surface area contributed by atoms with E-state index in [2.05, 4.69) is 0 Å². The van der Waals surface area contributed by atoms with Gasteiger partial charge >= 0.3 is 5.97 Å². The molecular formula is C13H16NO4+. The lowest BCUT2D eigenvalue weighted by atomic mass is 10.2. The number of hydrogen-bond donors (Lipinski definition) is 0. The predicted octanol–water partition coefficient (Wildman–Crippen LogP) is 0.942. The number of pyridine rings is 1. The standard InChI is InChI=1S/C13H16NO4/c1-9(15)12-5-4-6-13(10(2)16)14(12)7-8-18-11(3)17/h4-6H,7-8H2,1-3H3/q+1. The molecule has 96 valence electrons. The number of hydrogen-bond acceptors (Lipinski definition) is 4. The maximum absolute atomic E-state index is 11.5. The lowest BCUT2D eigenvalue weighted by Gasteiger charge is -2.05. The van der Waals surface area contributed by atoms with E-state index in [4.69, 9.17) is 4.74 Å². The summed E-state index contributed by atoms with van der Waals surface area (Å²) in [6, 6.07) is 4.95. The number of ketones is 2. The van der Waals surface area contributed by atoms with Gasteiger partial charge in [0, 0.05) is 32.9 Å². The number of carbonyl (C=O) groups excluding carboxylic acids is 3. The van der Waals surface area contributed by atoms with Crippen LogP contribution in [0.1, 0.15) is 41.7 Å². The first-order valence-corrected chi connectivity index (χ1v) is 5.61. The molecule has 0 radical (unpaired) electrons. The molecule has 0 bridgehead atoms. The molecule has 0 fully saturated rings. The maximum atomic E-state index is 11.5. The van der Waals surface area contributed by atoms with Crippen LogP contribution in [0.5, 0.6) is 0 Å². The Labute approximate surface area is 105 Å². The largest absolute Gasteiger partial charge is 0.459 e. The van der Waals surface area contributed by atoms with E-state index < -0.39 is 0 Å². The zero-order valence-corrected chi connectivity index (χ0v) is 10.7. The van der Waals surface area contributed by atoms with Gasteiger partial charge in [0.2, 0.25) is 23.0 Å². The molecule has 5 nitrogen and oxygen atoms in total. The molecule has 0 aliphatic rings. The number of ether oxygens (including phenoxy) is 1. The van der Waals surface area contributed by atoms with Crippen molar-refractivity contribution in [1.29, 1.82) is 0 Å². The second-order valence-electron chi connectivity index (χ2n) is 3.90. The van der Waals surface area contributed by atoms with E-state index in [9.17, 15) is 14.4 Å². The maximum Gasteiger partial charge on any atom is 0.302 e. The van der Waals surface area contributed by atoms with Crippen molar-refractivity contribution in [2.75, 3.05) is 6.61 Å². The third-order valence-electron chi connectivity index (χ3n) is 2.43. The summed E-state index contributed by atoms with van der Waals surface area (Å²) in [5, 5.41) is 0. The first-order chi connectivity index (χ1) is 8.43. The van der Waals surface area contributed by atoms with Gasteiger partial charge in [-0.2, -0.15) is 4.57 Å². The van der Waals surface area contributed by atoms with E-state index >= 15 is 0 Å². The first-order valence-electron chi connectivity index (χ1n) is 5.61. The van der Waals surface area contributed by atoms with Crippen molar-refractivity contribution >= 4 is 17.5 Å². The fraction of sp³-hybridized carbons (Fsp3) is 0.385. The van der Waals surface area contributed by atoms with E-state index in [1.165, 1.54) is 20.8 Å². The van der Waals surface area contributed by atoms with Crippen molar-refractivity contribution in [2.45, 2.75) is 27.3 Å². The first kappa shape index (κ1) is 14.0. The van der Waals surface area contributed by atoms with Crippen molar-refractivity contribution in [1.82, 2.24) is 0 Å². The fourth-order valence-electron chi connectivity index (χ4n) is 1.68. The van der Waals surface area contributed by atoms with Gasteiger partial charge in [-0.1, -0.05) is 0 Å². The highest BCUT2D eigenvalue weighted by atomic mass is 16.5. The molecule has 1 rings (SSSR count). The van der Waals surface area contributed by atoms with E-state index in [1.807, 2.05) is 0 Å². The van der Waals surface area contributed by atoms with Gasteiger partial charge in [0.05, 0.1) is 0 Å². The highest BCUT2D eigenvalue weighted by Crippen LogP contribution is 2.00. The molecule has 0 aliphatic heterocycles. The number of carbonyl (C=O) groups is 3. The molecule has 0 unspecified atom stereocenters. The van der Waals surface area contributed by atoms with Crippen molar-refractivity contribution in [3.8, 4) is 0 Å². The molecule has 0 amide bonds. The monoisotopic (exact) mass is 250 g/mol. The van der Waals surface area contributed by atoms with Gasteiger partial charge in [-0.05, 0) is 6.07 Å². The average molecular weight is 250 g/mol. The molecule has 0 saturated carbocycles. The summed E-state index contributed by atoms with van der Waals surface area (Å²) in [7, 11) is 0. The van der Waals surface area contributed by atoms with Crippen LogP contribution in [-0.2, 0) is 16.1 Å². The zero-order chi connectivity index (χ0) is 13.7. The van der Waals surface area contributed by atoms with Gasteiger partial charge in [-0.15, -0.1) is 0 Å². The minimum absolute atomic E-state index is 0.130. The molecule has 0 saturated heterocycles. The van der Waals surface area contributed by atoms with Crippen LogP contribution < -0.4 is 4.57 Å². The second-order valence-corrected chi connectivity index (χ2v) is 3.90. The van der Waals surface area contributed by atoms with Crippen LogP contribution in [0.4, 0.5) is 0 Å². The quantitative estimate of drug-likeness (QED) is 0.443. The van der Waals surface area contributed by atoms with E-state index in [-0.39, 0.29) is 30.7 Å². The minimum atomic E-state index is -0.389. The van der Waals surface area contributed by atoms with E-state index in [0.29, 0.717) is 11.4 Å². The fourth-order valence-corrected chi connectivity index (χ4v) is 1.68. The number of rotatable bonds is 5. The second kappa shape index (κ2) is 6.05. The van der Waals surface area contributed by atoms with Gasteiger partial charge in [0.15, 0.2) is 13.2 Å². The Hall–Kier alpha value is -2.04. The summed E-state index contributed by atoms with van der Waals surface area (Å²) in [5.74, 6) is -0.665. The molecule has 1 aromatic heterocycles. The van der Waals surface area contributed by atoms with Crippen LogP contribution in [0.25, 0.3) is 0 Å². The Kier molecular flexibility index (Phi) is 4.71. The third-order valence-corrected chi connectivity index (χ3v) is 2.43. The minimum Gasteiger partial charge on any atom is -0.459 e. The van der Waals surface area contributed by atoms with Crippen LogP contribution in [0, 0.1) is 0 Å². The summed E-state index contributed by atoms with van der Waals surface area (Å²) < 4.78 is 6.41. The van der Waals surface area contributed by atoms with E-state index in [1.54, 1.807) is 22.8 Å². The SMILES string of the molecule is CC(=O)OCC[n+]1c(C(C)=O)cccc1C(C)=O. The summed E-state index contributed by atoms with van der Waals surface area (Å²) in [4.78, 5) is 33.7. The summed E-state index contributed by atoms with van der Waals surface area (Å²) in [6.07, 6.45) is 0. The Morgan fingerprint density at radius 2 is 1.56 bits per heavy atom. The van der Waals surface area contributed by atoms with Crippen LogP contribution in [0.2, 0.25) is 0 Å². The summed E-state index contributed by atoms with van der Waals surface area (Å²) in [6.45, 7) is 4.59. The lowest BCUT2D eigenvalue weighted by molar-refractivity contribution is -0.701. The lowest BCUT2D eigenvalue weighted by Crippen LogP contribution is -2.47. The Morgan fingerprint density at radius 3 is 1.94 bits per heavy atom. The van der Waals surface area contributed by atoms with Gasteiger partial charge in [-0.25, -0.2) is 0 Å². The molecule has 0 spiro atoms. The number of esters is 1. The smallest absolute Gasteiger partial charge is 0.302 e. The van der Waals surface area contributed by atoms with Gasteiger partial charge in [-0.3, -0.25) is 14.4 Å². The topological polar surface area (TPSA) is 64.3 Å². The molecule has 1 aromatic rings. The normalized spacial score (nSPS) is 9.94. The van der Waals surface area contributed by atoms with Crippen LogP contribution in [0.15, 0.2) is 18.2 Å². The van der Waals surface area contributed by atoms with Gasteiger partial charge in [0.25, 0.3) is 0 Å². The van der Waals surface area contributed by atoms with Gasteiger partial charge in [0.1, 0.15) is 0 Å². The average Bonchev–Trinajstić information content (AvgIpc) is 2.28. The van der Waals surface area contributed by atoms with Crippen molar-refractivity contribution in [2.24, 2.45) is 0 Å². The zero-order valence-electron chi connectivity index (χ0n) is 10.7. The summed E-state index contributed by atoms with van der Waals surface area (Å²) in [5.41, 5.74) is 0.852. The molecule has 5 heteroatoms. The summed E-state index contributed by atoms with van der Waals surface area (Å²) >= 11 is 0. The number of nitrogens with zero attached hydrogens (tertiary/aromatic N) is 1. The molecule has 18 heavy (non-hydrogen) atoms. The molecule has 0 aliphatic carbocycles. The van der Waals surface area contributed by atoms with Crippen LogP contribution in [0.3, 0.4) is 0 Å². The Balaban J connectivity index is 3.07. The molecule has 0 aromatic carbocycles. The van der Waals surface area contributed by atoms with Gasteiger partial charge < -0.3 is 4.74 Å². The Bertz CT molecular complexity index is 462. The molecule has 1 heterocycles. The van der Waals surface area contributed by atoms with Crippen molar-refractivity contribution in [3.63, 3.8) is 0 Å². The van der Waals surface area contributed by atoms with Crippen molar-refractivity contribution in [3.05, 3.63) is 29.6 Å². The third kappa shape index (κ3) is 3.48. The molecule has 0 atom stereocenters. The highest BCUT2D eigenvalue weighted by Gasteiger charge is 2.22. The number of aromatic nitrogens is 1. The number of Topliss-reactive ketones (excluding diaryl/α,β-unsaturated/α-hetero) is 2. The van der Waals surface area contributed by atoms with Crippen LogP contribution >= 0.6 is 0 Å². The molecular weight excluding hydrogens is 234 g/mol.